The molecule has 1 aromatic rings. The fraction of sp³-hybridized carbons (Fsp3) is 0.625. The second-order valence-electron chi connectivity index (χ2n) is 5.64. The molecule has 2 rings (SSSR count). The molecule has 1 unspecified atom stereocenters. The number of methoxy groups -OCH3 is 1. The second kappa shape index (κ2) is 7.07. The zero-order valence-corrected chi connectivity index (χ0v) is 12.9. The van der Waals surface area contributed by atoms with Crippen molar-refractivity contribution in [1.29, 1.82) is 0 Å². The van der Waals surface area contributed by atoms with E-state index in [2.05, 4.69) is 42.1 Å². The summed E-state index contributed by atoms with van der Waals surface area (Å²) < 4.78 is 5.12. The van der Waals surface area contributed by atoms with Gasteiger partial charge in [0.25, 0.3) is 0 Å². The Morgan fingerprint density at radius 3 is 2.95 bits per heavy atom. The lowest BCUT2D eigenvalue weighted by atomic mass is 10.0. The minimum Gasteiger partial charge on any atom is -0.385 e. The van der Waals surface area contributed by atoms with Crippen molar-refractivity contribution in [3.05, 3.63) is 29.3 Å². The molecule has 1 aliphatic rings. The fourth-order valence-corrected chi connectivity index (χ4v) is 2.98. The van der Waals surface area contributed by atoms with Crippen LogP contribution >= 0.6 is 0 Å². The average molecular weight is 277 g/mol. The summed E-state index contributed by atoms with van der Waals surface area (Å²) in [5, 5.41) is 0. The maximum absolute atomic E-state index is 6.00. The standard InChI is InChI=1S/C16H27N3O/c1-18(8-4-10-20-3)16(12-17)13-5-6-15-14(11-13)7-9-19(15)2/h5-6,11,16H,4,7-10,12,17H2,1-3H3. The smallest absolute Gasteiger partial charge is 0.0474 e. The Bertz CT molecular complexity index is 436. The third-order valence-electron chi connectivity index (χ3n) is 4.23. The zero-order valence-electron chi connectivity index (χ0n) is 12.9. The maximum Gasteiger partial charge on any atom is 0.0474 e. The number of nitrogens with zero attached hydrogens (tertiary/aromatic N) is 2. The van der Waals surface area contributed by atoms with Gasteiger partial charge in [0.2, 0.25) is 0 Å². The molecule has 0 amide bonds. The van der Waals surface area contributed by atoms with Gasteiger partial charge in [-0.2, -0.15) is 0 Å². The predicted molar refractivity (Wildman–Crippen MR) is 84.3 cm³/mol. The largest absolute Gasteiger partial charge is 0.385 e. The van der Waals surface area contributed by atoms with Gasteiger partial charge in [-0.1, -0.05) is 12.1 Å². The highest BCUT2D eigenvalue weighted by Gasteiger charge is 2.20. The lowest BCUT2D eigenvalue weighted by Gasteiger charge is -2.28. The molecule has 0 fully saturated rings. The van der Waals surface area contributed by atoms with Gasteiger partial charge in [0.05, 0.1) is 0 Å². The van der Waals surface area contributed by atoms with E-state index in [-0.39, 0.29) is 0 Å². The SMILES string of the molecule is COCCCN(C)C(CN)c1ccc2c(c1)CCN2C. The van der Waals surface area contributed by atoms with Crippen molar-refractivity contribution in [3.8, 4) is 0 Å². The molecular formula is C16H27N3O. The maximum atomic E-state index is 6.00. The Morgan fingerprint density at radius 2 is 2.25 bits per heavy atom. The van der Waals surface area contributed by atoms with E-state index >= 15 is 0 Å². The van der Waals surface area contributed by atoms with Gasteiger partial charge in [-0.15, -0.1) is 0 Å². The summed E-state index contributed by atoms with van der Waals surface area (Å²) in [5.74, 6) is 0. The van der Waals surface area contributed by atoms with Crippen LogP contribution in [0.5, 0.6) is 0 Å². The highest BCUT2D eigenvalue weighted by Crippen LogP contribution is 2.30. The van der Waals surface area contributed by atoms with E-state index < -0.39 is 0 Å². The molecule has 0 saturated carbocycles. The third-order valence-corrected chi connectivity index (χ3v) is 4.23. The Morgan fingerprint density at radius 1 is 1.45 bits per heavy atom. The first kappa shape index (κ1) is 15.3. The number of hydrogen-bond donors (Lipinski definition) is 1. The lowest BCUT2D eigenvalue weighted by molar-refractivity contribution is 0.166. The van der Waals surface area contributed by atoms with Gasteiger partial charge in [-0.05, 0) is 37.1 Å². The summed E-state index contributed by atoms with van der Waals surface area (Å²) in [6, 6.07) is 7.10. The van der Waals surface area contributed by atoms with Gasteiger partial charge in [0.15, 0.2) is 0 Å². The Balaban J connectivity index is 2.07. The minimum absolute atomic E-state index is 0.295. The number of rotatable bonds is 7. The predicted octanol–water partition coefficient (Wildman–Crippen LogP) is 1.65. The number of anilines is 1. The summed E-state index contributed by atoms with van der Waals surface area (Å²) in [5.41, 5.74) is 10.2. The van der Waals surface area contributed by atoms with Crippen LogP contribution in [0, 0.1) is 0 Å². The molecule has 1 atom stereocenters. The van der Waals surface area contributed by atoms with Crippen molar-refractivity contribution < 1.29 is 4.74 Å². The van der Waals surface area contributed by atoms with E-state index in [1.807, 2.05) is 0 Å². The molecular weight excluding hydrogens is 250 g/mol. The number of fused-ring (bicyclic) bond motifs is 1. The zero-order chi connectivity index (χ0) is 14.5. The molecule has 0 bridgehead atoms. The van der Waals surface area contributed by atoms with Crippen LogP contribution in [0.15, 0.2) is 18.2 Å². The number of ether oxygens (including phenoxy) is 1. The molecule has 0 radical (unpaired) electrons. The Hall–Kier alpha value is -1.10. The number of benzene rings is 1. The quantitative estimate of drug-likeness (QED) is 0.770. The number of nitrogens with two attached hydrogens (primary N) is 1. The first-order valence-corrected chi connectivity index (χ1v) is 7.40. The Labute approximate surface area is 122 Å². The van der Waals surface area contributed by atoms with E-state index in [4.69, 9.17) is 10.5 Å². The summed E-state index contributed by atoms with van der Waals surface area (Å²) in [7, 11) is 6.05. The molecule has 1 aromatic carbocycles. The van der Waals surface area contributed by atoms with E-state index in [1.54, 1.807) is 7.11 Å². The van der Waals surface area contributed by atoms with Crippen molar-refractivity contribution in [1.82, 2.24) is 4.90 Å². The van der Waals surface area contributed by atoms with Crippen LogP contribution in [-0.2, 0) is 11.2 Å². The van der Waals surface area contributed by atoms with Crippen LogP contribution in [0.3, 0.4) is 0 Å². The molecule has 0 aliphatic carbocycles. The van der Waals surface area contributed by atoms with E-state index in [1.165, 1.54) is 16.8 Å². The van der Waals surface area contributed by atoms with E-state index in [0.29, 0.717) is 12.6 Å². The molecule has 4 heteroatoms. The number of likely N-dealkylation sites (N-methyl/N-ethyl adjacent to an activating group) is 2. The van der Waals surface area contributed by atoms with Gasteiger partial charge < -0.3 is 15.4 Å². The molecule has 20 heavy (non-hydrogen) atoms. The van der Waals surface area contributed by atoms with Gasteiger partial charge in [0, 0.05) is 52.1 Å². The van der Waals surface area contributed by atoms with Crippen LogP contribution in [0.2, 0.25) is 0 Å². The van der Waals surface area contributed by atoms with Crippen LogP contribution in [0.1, 0.15) is 23.6 Å². The van der Waals surface area contributed by atoms with Gasteiger partial charge in [-0.25, -0.2) is 0 Å². The van der Waals surface area contributed by atoms with Crippen molar-refractivity contribution in [3.63, 3.8) is 0 Å². The first-order valence-electron chi connectivity index (χ1n) is 7.40. The first-order chi connectivity index (χ1) is 9.67. The molecule has 2 N–H and O–H groups in total. The van der Waals surface area contributed by atoms with Crippen molar-refractivity contribution in [2.45, 2.75) is 18.9 Å². The molecule has 0 saturated heterocycles. The van der Waals surface area contributed by atoms with Crippen LogP contribution in [-0.4, -0.2) is 52.3 Å². The highest BCUT2D eigenvalue weighted by molar-refractivity contribution is 5.58. The van der Waals surface area contributed by atoms with Crippen LogP contribution in [0.25, 0.3) is 0 Å². The van der Waals surface area contributed by atoms with Crippen molar-refractivity contribution in [2.24, 2.45) is 5.73 Å². The average Bonchev–Trinajstić information content (AvgIpc) is 2.81. The molecule has 1 aliphatic heterocycles. The normalized spacial score (nSPS) is 15.8. The lowest BCUT2D eigenvalue weighted by Crippen LogP contribution is -2.31. The second-order valence-corrected chi connectivity index (χ2v) is 5.64. The van der Waals surface area contributed by atoms with Crippen LogP contribution in [0.4, 0.5) is 5.69 Å². The van der Waals surface area contributed by atoms with Crippen LogP contribution < -0.4 is 10.6 Å². The van der Waals surface area contributed by atoms with E-state index in [9.17, 15) is 0 Å². The number of hydrogen-bond acceptors (Lipinski definition) is 4. The summed E-state index contributed by atoms with van der Waals surface area (Å²) in [4.78, 5) is 4.65. The van der Waals surface area contributed by atoms with Crippen molar-refractivity contribution in [2.75, 3.05) is 52.3 Å². The van der Waals surface area contributed by atoms with Gasteiger partial charge >= 0.3 is 0 Å². The molecule has 4 nitrogen and oxygen atoms in total. The molecule has 112 valence electrons. The molecule has 1 heterocycles. The topological polar surface area (TPSA) is 41.7 Å². The fourth-order valence-electron chi connectivity index (χ4n) is 2.98. The summed E-state index contributed by atoms with van der Waals surface area (Å²) >= 11 is 0. The highest BCUT2D eigenvalue weighted by atomic mass is 16.5. The third kappa shape index (κ3) is 3.32. The summed E-state index contributed by atoms with van der Waals surface area (Å²) in [6.07, 6.45) is 2.18. The summed E-state index contributed by atoms with van der Waals surface area (Å²) in [6.45, 7) is 3.58. The Kier molecular flexibility index (Phi) is 5.40. The minimum atomic E-state index is 0.295. The van der Waals surface area contributed by atoms with Gasteiger partial charge in [-0.3, -0.25) is 4.90 Å². The van der Waals surface area contributed by atoms with Gasteiger partial charge in [0.1, 0.15) is 0 Å². The van der Waals surface area contributed by atoms with Crippen molar-refractivity contribution >= 4 is 5.69 Å². The monoisotopic (exact) mass is 277 g/mol. The van der Waals surface area contributed by atoms with E-state index in [0.717, 1.165) is 32.5 Å². The molecule has 0 aromatic heterocycles. The molecule has 0 spiro atoms.